The maximum absolute atomic E-state index is 5.87. The number of nitrogens with one attached hydrogen (secondary N) is 3. The Labute approximate surface area is 146 Å². The van der Waals surface area contributed by atoms with Crippen LogP contribution in [0.3, 0.4) is 0 Å². The molecular weight excluding hydrogens is 314 g/mol. The van der Waals surface area contributed by atoms with Crippen molar-refractivity contribution in [2.24, 2.45) is 0 Å². The van der Waals surface area contributed by atoms with E-state index in [1.807, 2.05) is 18.2 Å². The molecule has 0 bridgehead atoms. The van der Waals surface area contributed by atoms with Crippen LogP contribution in [0.2, 0.25) is 0 Å². The van der Waals surface area contributed by atoms with Gasteiger partial charge in [-0.2, -0.15) is 4.98 Å². The van der Waals surface area contributed by atoms with Crippen LogP contribution < -0.4 is 16.4 Å². The average Bonchev–Trinajstić information content (AvgIpc) is 2.88. The quantitative estimate of drug-likeness (QED) is 0.528. The van der Waals surface area contributed by atoms with Crippen LogP contribution in [-0.4, -0.2) is 39.6 Å². The molecule has 0 atom stereocenters. The number of aromatic amines is 1. The number of rotatable bonds is 5. The van der Waals surface area contributed by atoms with Crippen molar-refractivity contribution in [2.75, 3.05) is 30.7 Å². The van der Waals surface area contributed by atoms with Gasteiger partial charge in [-0.25, -0.2) is 9.97 Å². The van der Waals surface area contributed by atoms with Crippen LogP contribution >= 0.6 is 0 Å². The van der Waals surface area contributed by atoms with E-state index in [2.05, 4.69) is 36.6 Å². The highest BCUT2D eigenvalue weighted by atomic mass is 15.1. The predicted molar refractivity (Wildman–Crippen MR) is 99.6 cm³/mol. The first-order valence-electron chi connectivity index (χ1n) is 8.83. The molecule has 7 nitrogen and oxygen atoms in total. The van der Waals surface area contributed by atoms with Crippen LogP contribution in [0.1, 0.15) is 23.5 Å². The number of hydrogen-bond acceptors (Lipinski definition) is 6. The molecule has 0 spiro atoms. The predicted octanol–water partition coefficient (Wildman–Crippen LogP) is 1.67. The molecule has 0 saturated carbocycles. The lowest BCUT2D eigenvalue weighted by Gasteiger charge is -2.13. The van der Waals surface area contributed by atoms with E-state index in [9.17, 15) is 0 Å². The maximum atomic E-state index is 5.87. The fourth-order valence-electron chi connectivity index (χ4n) is 3.30. The van der Waals surface area contributed by atoms with Crippen molar-refractivity contribution in [1.82, 2.24) is 25.3 Å². The van der Waals surface area contributed by atoms with E-state index < -0.39 is 0 Å². The number of para-hydroxylation sites is 2. The van der Waals surface area contributed by atoms with Gasteiger partial charge < -0.3 is 21.4 Å². The van der Waals surface area contributed by atoms with Gasteiger partial charge >= 0.3 is 0 Å². The monoisotopic (exact) mass is 337 g/mol. The van der Waals surface area contributed by atoms with Gasteiger partial charge in [0.2, 0.25) is 5.95 Å². The zero-order valence-electron chi connectivity index (χ0n) is 14.2. The van der Waals surface area contributed by atoms with Gasteiger partial charge in [-0.3, -0.25) is 0 Å². The molecular formula is C18H23N7. The molecule has 3 heterocycles. The summed E-state index contributed by atoms with van der Waals surface area (Å²) in [7, 11) is 0. The van der Waals surface area contributed by atoms with Crippen LogP contribution in [0.4, 0.5) is 11.8 Å². The molecule has 3 aromatic rings. The highest BCUT2D eigenvalue weighted by Gasteiger charge is 2.15. The summed E-state index contributed by atoms with van der Waals surface area (Å²) in [6.07, 6.45) is 3.69. The molecule has 1 aliphatic rings. The molecule has 130 valence electrons. The van der Waals surface area contributed by atoms with Crippen molar-refractivity contribution in [2.45, 2.75) is 25.7 Å². The Hall–Kier alpha value is -2.67. The Balaban J connectivity index is 1.39. The lowest BCUT2D eigenvalue weighted by atomic mass is 10.1. The highest BCUT2D eigenvalue weighted by Crippen LogP contribution is 2.20. The van der Waals surface area contributed by atoms with E-state index in [1.54, 1.807) is 0 Å². The maximum Gasteiger partial charge on any atom is 0.222 e. The van der Waals surface area contributed by atoms with Gasteiger partial charge in [0.15, 0.2) is 0 Å². The zero-order valence-corrected chi connectivity index (χ0v) is 14.2. The van der Waals surface area contributed by atoms with Crippen LogP contribution in [0.15, 0.2) is 24.3 Å². The summed E-state index contributed by atoms with van der Waals surface area (Å²) in [6.45, 7) is 2.72. The molecule has 25 heavy (non-hydrogen) atoms. The number of nitrogens with zero attached hydrogens (tertiary/aromatic N) is 3. The molecule has 7 heteroatoms. The van der Waals surface area contributed by atoms with Gasteiger partial charge in [0.1, 0.15) is 11.6 Å². The number of hydrogen-bond donors (Lipinski definition) is 4. The summed E-state index contributed by atoms with van der Waals surface area (Å²) >= 11 is 0. The summed E-state index contributed by atoms with van der Waals surface area (Å²) < 4.78 is 0. The third-order valence-corrected chi connectivity index (χ3v) is 4.52. The Bertz CT molecular complexity index is 838. The molecule has 0 saturated heterocycles. The topological polar surface area (TPSA) is 105 Å². The molecule has 0 aliphatic carbocycles. The van der Waals surface area contributed by atoms with Gasteiger partial charge in [0.25, 0.3) is 0 Å². The molecule has 0 unspecified atom stereocenters. The summed E-state index contributed by atoms with van der Waals surface area (Å²) in [5, 5.41) is 6.84. The minimum absolute atomic E-state index is 0.348. The second-order valence-corrected chi connectivity index (χ2v) is 6.34. The minimum atomic E-state index is 0.348. The van der Waals surface area contributed by atoms with Crippen molar-refractivity contribution in [3.63, 3.8) is 0 Å². The summed E-state index contributed by atoms with van der Waals surface area (Å²) in [4.78, 5) is 16.8. The van der Waals surface area contributed by atoms with Crippen molar-refractivity contribution in [3.05, 3.63) is 41.3 Å². The Kier molecular flexibility index (Phi) is 4.47. The van der Waals surface area contributed by atoms with Gasteiger partial charge in [-0.15, -0.1) is 0 Å². The molecule has 5 N–H and O–H groups in total. The number of aryl methyl sites for hydroxylation is 1. The second kappa shape index (κ2) is 7.06. The third kappa shape index (κ3) is 3.56. The van der Waals surface area contributed by atoms with Crippen molar-refractivity contribution >= 4 is 22.8 Å². The summed E-state index contributed by atoms with van der Waals surface area (Å²) in [6, 6.07) is 8.11. The molecule has 1 aromatic carbocycles. The van der Waals surface area contributed by atoms with E-state index >= 15 is 0 Å². The van der Waals surface area contributed by atoms with Gasteiger partial charge in [0.05, 0.1) is 16.7 Å². The number of benzene rings is 1. The molecule has 0 radical (unpaired) electrons. The number of H-pyrrole nitrogens is 1. The first-order chi connectivity index (χ1) is 12.3. The van der Waals surface area contributed by atoms with E-state index in [-0.39, 0.29) is 0 Å². The van der Waals surface area contributed by atoms with Gasteiger partial charge in [-0.05, 0) is 31.5 Å². The molecule has 2 aromatic heterocycles. The summed E-state index contributed by atoms with van der Waals surface area (Å²) in [5.41, 5.74) is 10.2. The molecule has 0 fully saturated rings. The molecule has 0 amide bonds. The first kappa shape index (κ1) is 15.8. The lowest BCUT2D eigenvalue weighted by molar-refractivity contribution is 0.708. The smallest absolute Gasteiger partial charge is 0.222 e. The largest absolute Gasteiger partial charge is 0.370 e. The zero-order chi connectivity index (χ0) is 17.1. The fraction of sp³-hybridized carbons (Fsp3) is 0.389. The van der Waals surface area contributed by atoms with E-state index in [1.165, 1.54) is 5.56 Å². The average molecular weight is 337 g/mol. The third-order valence-electron chi connectivity index (χ3n) is 4.52. The standard InChI is InChI=1S/C18H23N7/c19-18-24-13-8-11-20-10-7-12(13)17(25-18)21-9-3-6-16-22-14-4-1-2-5-15(14)23-16/h1-2,4-5,20H,3,6-11H2,(H,22,23)(H3,19,21,24,25). The number of nitrogen functional groups attached to an aromatic ring is 1. The SMILES string of the molecule is Nc1nc2c(c(NCCCc3nc4ccccc4[nH]3)n1)CCNCC2. The van der Waals surface area contributed by atoms with E-state index in [4.69, 9.17) is 5.73 Å². The Morgan fingerprint density at radius 2 is 1.96 bits per heavy atom. The molecule has 1 aliphatic heterocycles. The normalized spacial score (nSPS) is 14.2. The van der Waals surface area contributed by atoms with Crippen LogP contribution in [0.5, 0.6) is 0 Å². The Morgan fingerprint density at radius 3 is 2.88 bits per heavy atom. The van der Waals surface area contributed by atoms with Crippen LogP contribution in [0.25, 0.3) is 11.0 Å². The minimum Gasteiger partial charge on any atom is -0.370 e. The fourth-order valence-corrected chi connectivity index (χ4v) is 3.30. The van der Waals surface area contributed by atoms with Crippen LogP contribution in [0, 0.1) is 0 Å². The second-order valence-electron chi connectivity index (χ2n) is 6.34. The van der Waals surface area contributed by atoms with E-state index in [0.717, 1.165) is 73.7 Å². The van der Waals surface area contributed by atoms with E-state index in [0.29, 0.717) is 5.95 Å². The Morgan fingerprint density at radius 1 is 1.08 bits per heavy atom. The number of anilines is 2. The van der Waals surface area contributed by atoms with Crippen LogP contribution in [-0.2, 0) is 19.3 Å². The number of aromatic nitrogens is 4. The lowest BCUT2D eigenvalue weighted by Crippen LogP contribution is -2.16. The first-order valence-corrected chi connectivity index (χ1v) is 8.83. The van der Waals surface area contributed by atoms with Gasteiger partial charge in [-0.1, -0.05) is 12.1 Å². The van der Waals surface area contributed by atoms with Gasteiger partial charge in [0, 0.05) is 31.5 Å². The van der Waals surface area contributed by atoms with Crippen molar-refractivity contribution in [3.8, 4) is 0 Å². The van der Waals surface area contributed by atoms with Crippen molar-refractivity contribution in [1.29, 1.82) is 0 Å². The van der Waals surface area contributed by atoms with Crippen molar-refractivity contribution < 1.29 is 0 Å². The number of nitrogens with two attached hydrogens (primary N) is 1. The molecule has 4 rings (SSSR count). The summed E-state index contributed by atoms with van der Waals surface area (Å²) in [5.74, 6) is 2.25. The number of imidazole rings is 1. The number of fused-ring (bicyclic) bond motifs is 2. The highest BCUT2D eigenvalue weighted by molar-refractivity contribution is 5.74.